The molecule has 6 rings (SSSR count). The van der Waals surface area contributed by atoms with Gasteiger partial charge in [-0.2, -0.15) is 0 Å². The number of para-hydroxylation sites is 3. The number of hydrogen-bond donors (Lipinski definition) is 1. The summed E-state index contributed by atoms with van der Waals surface area (Å²) in [7, 11) is 0. The van der Waals surface area contributed by atoms with E-state index in [-0.39, 0.29) is 0 Å². The fourth-order valence-electron chi connectivity index (χ4n) is 5.44. The Kier molecular flexibility index (Phi) is 6.88. The number of nitrogens with one attached hydrogen (secondary N) is 1. The van der Waals surface area contributed by atoms with Crippen LogP contribution in [0, 0.1) is 5.92 Å². The molecule has 0 unspecified atom stereocenters. The van der Waals surface area contributed by atoms with Crippen LogP contribution in [0.1, 0.15) is 26.7 Å². The summed E-state index contributed by atoms with van der Waals surface area (Å²) in [5.41, 5.74) is 7.00. The number of likely N-dealkylation sites (tertiary alicyclic amines) is 1. The first-order chi connectivity index (χ1) is 18.6. The third kappa shape index (κ3) is 5.18. The molecule has 1 fully saturated rings. The summed E-state index contributed by atoms with van der Waals surface area (Å²) in [4.78, 5) is 17.3. The van der Waals surface area contributed by atoms with Crippen LogP contribution < -0.4 is 10.7 Å². The van der Waals surface area contributed by atoms with Gasteiger partial charge in [0.2, 0.25) is 0 Å². The van der Waals surface area contributed by atoms with E-state index in [1.807, 2.05) is 24.4 Å². The maximum Gasteiger partial charge on any atom is 0.0900 e. The van der Waals surface area contributed by atoms with E-state index in [1.54, 1.807) is 6.20 Å². The second kappa shape index (κ2) is 10.8. The summed E-state index contributed by atoms with van der Waals surface area (Å²) in [5, 5.41) is 4.54. The van der Waals surface area contributed by atoms with Crippen LogP contribution in [0.5, 0.6) is 0 Å². The summed E-state index contributed by atoms with van der Waals surface area (Å²) in [6.45, 7) is 7.94. The van der Waals surface area contributed by atoms with Crippen molar-refractivity contribution in [3.63, 3.8) is 0 Å². The first kappa shape index (κ1) is 24.3. The Bertz CT molecular complexity index is 1550. The SMILES string of the molecule is CC(C)CN1CCC(/N=c2\cc3n(-c4ccccc4)c4ccccc4nc-3cc2Nc2cccnc2)CC1. The van der Waals surface area contributed by atoms with Crippen LogP contribution in [0.2, 0.25) is 0 Å². The van der Waals surface area contributed by atoms with Crippen LogP contribution in [0.4, 0.5) is 11.4 Å². The van der Waals surface area contributed by atoms with Gasteiger partial charge in [-0.25, -0.2) is 4.98 Å². The van der Waals surface area contributed by atoms with E-state index >= 15 is 0 Å². The molecule has 3 heterocycles. The molecule has 38 heavy (non-hydrogen) atoms. The quantitative estimate of drug-likeness (QED) is 0.277. The number of pyridine rings is 1. The molecule has 0 spiro atoms. The highest BCUT2D eigenvalue weighted by molar-refractivity contribution is 5.84. The lowest BCUT2D eigenvalue weighted by Crippen LogP contribution is -2.38. The number of anilines is 2. The lowest BCUT2D eigenvalue weighted by molar-refractivity contribution is 0.192. The van der Waals surface area contributed by atoms with Crippen molar-refractivity contribution in [3.8, 4) is 17.1 Å². The van der Waals surface area contributed by atoms with E-state index in [1.165, 1.54) is 0 Å². The molecule has 0 radical (unpaired) electrons. The van der Waals surface area contributed by atoms with Gasteiger partial charge in [0.15, 0.2) is 0 Å². The number of hydrogen-bond acceptors (Lipinski definition) is 5. The van der Waals surface area contributed by atoms with Crippen LogP contribution in [-0.2, 0) is 0 Å². The zero-order valence-corrected chi connectivity index (χ0v) is 22.1. The standard InChI is InChI=1S/C32H34N6/c1-23(2)22-37-17-14-24(15-18-37)34-29-20-32-30(19-28(29)35-25-9-8-16-33-21-25)36-27-12-6-7-13-31(27)38(32)26-10-4-3-5-11-26/h3-13,16,19-21,23-24,35H,14-15,17-18,22H2,1-2H3/b34-29+. The summed E-state index contributed by atoms with van der Waals surface area (Å²) in [6.07, 6.45) is 5.78. The molecule has 1 aliphatic carbocycles. The highest BCUT2D eigenvalue weighted by Crippen LogP contribution is 2.30. The van der Waals surface area contributed by atoms with E-state index < -0.39 is 0 Å². The second-order valence-electron chi connectivity index (χ2n) is 10.6. The average molecular weight is 503 g/mol. The number of rotatable bonds is 6. The van der Waals surface area contributed by atoms with Gasteiger partial charge in [-0.15, -0.1) is 0 Å². The highest BCUT2D eigenvalue weighted by Gasteiger charge is 2.21. The Morgan fingerprint density at radius 1 is 0.947 bits per heavy atom. The Labute approximate surface area is 224 Å². The minimum absolute atomic E-state index is 0.295. The van der Waals surface area contributed by atoms with Crippen molar-refractivity contribution >= 4 is 22.4 Å². The molecule has 0 saturated carbocycles. The first-order valence-corrected chi connectivity index (χ1v) is 13.6. The highest BCUT2D eigenvalue weighted by atomic mass is 15.1. The molecule has 1 N–H and O–H groups in total. The molecule has 2 aromatic carbocycles. The minimum atomic E-state index is 0.295. The molecule has 2 aliphatic heterocycles. The number of nitrogens with zero attached hydrogens (tertiary/aromatic N) is 5. The van der Waals surface area contributed by atoms with Crippen LogP contribution in [0.25, 0.3) is 28.1 Å². The number of benzene rings is 3. The molecule has 1 aromatic heterocycles. The van der Waals surface area contributed by atoms with Crippen molar-refractivity contribution < 1.29 is 0 Å². The largest absolute Gasteiger partial charge is 0.352 e. The number of fused-ring (bicyclic) bond motifs is 2. The van der Waals surface area contributed by atoms with E-state index in [0.717, 1.165) is 77.3 Å². The molecule has 0 atom stereocenters. The summed E-state index contributed by atoms with van der Waals surface area (Å²) in [5.74, 6) is 0.690. The number of piperidine rings is 1. The zero-order valence-electron chi connectivity index (χ0n) is 22.1. The maximum atomic E-state index is 5.34. The van der Waals surface area contributed by atoms with Crippen LogP contribution in [-0.4, -0.2) is 45.1 Å². The smallest absolute Gasteiger partial charge is 0.0900 e. The Balaban J connectivity index is 1.51. The van der Waals surface area contributed by atoms with E-state index in [4.69, 9.17) is 9.98 Å². The zero-order chi connectivity index (χ0) is 25.9. The van der Waals surface area contributed by atoms with E-state index in [2.05, 4.69) is 94.3 Å². The van der Waals surface area contributed by atoms with E-state index in [9.17, 15) is 0 Å². The molecule has 192 valence electrons. The lowest BCUT2D eigenvalue weighted by Gasteiger charge is -2.31. The van der Waals surface area contributed by atoms with Crippen molar-refractivity contribution in [1.82, 2.24) is 19.4 Å². The fourth-order valence-corrected chi connectivity index (χ4v) is 5.44. The van der Waals surface area contributed by atoms with Crippen LogP contribution >= 0.6 is 0 Å². The van der Waals surface area contributed by atoms with Gasteiger partial charge in [-0.1, -0.05) is 44.2 Å². The number of aromatic nitrogens is 3. The van der Waals surface area contributed by atoms with Crippen molar-refractivity contribution in [2.45, 2.75) is 32.7 Å². The molecule has 3 aromatic rings. The second-order valence-corrected chi connectivity index (χ2v) is 10.6. The topological polar surface area (TPSA) is 58.3 Å². The van der Waals surface area contributed by atoms with E-state index in [0.29, 0.717) is 12.0 Å². The van der Waals surface area contributed by atoms with Gasteiger partial charge in [-0.3, -0.25) is 9.98 Å². The Hall–Kier alpha value is -4.03. The molecule has 6 nitrogen and oxygen atoms in total. The van der Waals surface area contributed by atoms with Crippen LogP contribution in [0.15, 0.2) is 96.2 Å². The summed E-state index contributed by atoms with van der Waals surface area (Å²) < 4.78 is 2.30. The molecular weight excluding hydrogens is 468 g/mol. The molecule has 1 saturated heterocycles. The third-order valence-corrected chi connectivity index (χ3v) is 7.15. The molecular formula is C32H34N6. The van der Waals surface area contributed by atoms with Gasteiger partial charge in [0.05, 0.1) is 51.4 Å². The summed E-state index contributed by atoms with van der Waals surface area (Å²) >= 11 is 0. The van der Waals surface area contributed by atoms with Gasteiger partial charge in [0.25, 0.3) is 0 Å². The molecule has 6 heteroatoms. The molecule has 3 aliphatic rings. The third-order valence-electron chi connectivity index (χ3n) is 7.15. The first-order valence-electron chi connectivity index (χ1n) is 13.6. The van der Waals surface area contributed by atoms with Gasteiger partial charge in [-0.05, 0) is 67.3 Å². The Morgan fingerprint density at radius 2 is 1.74 bits per heavy atom. The normalized spacial score (nSPS) is 15.5. The van der Waals surface area contributed by atoms with Crippen molar-refractivity contribution in [2.24, 2.45) is 10.9 Å². The summed E-state index contributed by atoms with van der Waals surface area (Å²) in [6, 6.07) is 27.5. The maximum absolute atomic E-state index is 5.34. The van der Waals surface area contributed by atoms with Crippen molar-refractivity contribution in [2.75, 3.05) is 25.0 Å². The fraction of sp³-hybridized carbons (Fsp3) is 0.281. The lowest BCUT2D eigenvalue weighted by atomic mass is 10.0. The molecule has 0 amide bonds. The predicted octanol–water partition coefficient (Wildman–Crippen LogP) is 6.29. The minimum Gasteiger partial charge on any atom is -0.352 e. The van der Waals surface area contributed by atoms with Crippen LogP contribution in [0.3, 0.4) is 0 Å². The van der Waals surface area contributed by atoms with Gasteiger partial charge >= 0.3 is 0 Å². The Morgan fingerprint density at radius 3 is 2.50 bits per heavy atom. The van der Waals surface area contributed by atoms with Gasteiger partial charge < -0.3 is 14.8 Å². The monoisotopic (exact) mass is 502 g/mol. The van der Waals surface area contributed by atoms with Crippen molar-refractivity contribution in [3.05, 3.63) is 96.6 Å². The average Bonchev–Trinajstić information content (AvgIpc) is 2.94. The van der Waals surface area contributed by atoms with Crippen molar-refractivity contribution in [1.29, 1.82) is 0 Å². The molecule has 0 bridgehead atoms. The van der Waals surface area contributed by atoms with Gasteiger partial charge in [0, 0.05) is 31.5 Å². The predicted molar refractivity (Wildman–Crippen MR) is 155 cm³/mol. The van der Waals surface area contributed by atoms with Gasteiger partial charge in [0.1, 0.15) is 0 Å².